The second-order valence-electron chi connectivity index (χ2n) is 6.42. The minimum atomic E-state index is -0.0342. The predicted octanol–water partition coefficient (Wildman–Crippen LogP) is 2.69. The zero-order valence-electron chi connectivity index (χ0n) is 15.1. The maximum Gasteiger partial charge on any atom is 0.255 e. The van der Waals surface area contributed by atoms with Crippen LogP contribution in [0.15, 0.2) is 12.1 Å². The van der Waals surface area contributed by atoms with Crippen molar-refractivity contribution in [2.24, 2.45) is 5.92 Å². The number of hydrogen-bond donors (Lipinski definition) is 1. The van der Waals surface area contributed by atoms with E-state index in [9.17, 15) is 9.59 Å². The standard InChI is InChI=1S/C18H25IN2O4/c1-11(2)20-17(22)12-5-7-21(8-6-12)18(23)13-9-15(24-3)16(25-4)10-14(13)19/h9-12H,5-8H2,1-4H3,(H,20,22). The molecule has 0 spiro atoms. The van der Waals surface area contributed by atoms with Gasteiger partial charge < -0.3 is 19.7 Å². The van der Waals surface area contributed by atoms with Crippen LogP contribution in [0.2, 0.25) is 0 Å². The maximum absolute atomic E-state index is 12.9. The van der Waals surface area contributed by atoms with Crippen LogP contribution in [0.1, 0.15) is 37.0 Å². The zero-order chi connectivity index (χ0) is 18.6. The minimum Gasteiger partial charge on any atom is -0.493 e. The van der Waals surface area contributed by atoms with Crippen molar-refractivity contribution < 1.29 is 19.1 Å². The molecule has 1 heterocycles. The third-order valence-electron chi connectivity index (χ3n) is 4.29. The van der Waals surface area contributed by atoms with E-state index < -0.39 is 0 Å². The molecule has 1 saturated heterocycles. The number of hydrogen-bond acceptors (Lipinski definition) is 4. The largest absolute Gasteiger partial charge is 0.493 e. The number of likely N-dealkylation sites (tertiary alicyclic amines) is 1. The lowest BCUT2D eigenvalue weighted by Crippen LogP contribution is -2.44. The molecule has 2 amide bonds. The van der Waals surface area contributed by atoms with E-state index in [1.54, 1.807) is 26.4 Å². The molecule has 138 valence electrons. The normalized spacial score (nSPS) is 15.2. The Morgan fingerprint density at radius 2 is 1.72 bits per heavy atom. The number of nitrogens with one attached hydrogen (secondary N) is 1. The summed E-state index contributed by atoms with van der Waals surface area (Å²) in [6, 6.07) is 3.66. The van der Waals surface area contributed by atoms with Crippen molar-refractivity contribution in [1.82, 2.24) is 10.2 Å². The van der Waals surface area contributed by atoms with E-state index in [-0.39, 0.29) is 23.8 Å². The van der Waals surface area contributed by atoms with Crippen molar-refractivity contribution in [2.75, 3.05) is 27.3 Å². The van der Waals surface area contributed by atoms with E-state index in [1.165, 1.54) is 0 Å². The Bertz CT molecular complexity index is 640. The molecule has 1 aromatic rings. The number of nitrogens with zero attached hydrogens (tertiary/aromatic N) is 1. The second-order valence-corrected chi connectivity index (χ2v) is 7.58. The van der Waals surface area contributed by atoms with Crippen molar-refractivity contribution in [3.05, 3.63) is 21.3 Å². The fourth-order valence-corrected chi connectivity index (χ4v) is 3.60. The van der Waals surface area contributed by atoms with Gasteiger partial charge in [0, 0.05) is 28.6 Å². The fraction of sp³-hybridized carbons (Fsp3) is 0.556. The molecular weight excluding hydrogens is 435 g/mol. The summed E-state index contributed by atoms with van der Waals surface area (Å²) in [7, 11) is 3.13. The van der Waals surface area contributed by atoms with Crippen molar-refractivity contribution in [3.63, 3.8) is 0 Å². The lowest BCUT2D eigenvalue weighted by Gasteiger charge is -2.32. The fourth-order valence-electron chi connectivity index (χ4n) is 2.94. The molecule has 0 atom stereocenters. The highest BCUT2D eigenvalue weighted by atomic mass is 127. The number of ether oxygens (including phenoxy) is 2. The van der Waals surface area contributed by atoms with Gasteiger partial charge in [-0.25, -0.2) is 0 Å². The summed E-state index contributed by atoms with van der Waals surface area (Å²) in [6.07, 6.45) is 1.38. The maximum atomic E-state index is 12.9. The van der Waals surface area contributed by atoms with E-state index in [2.05, 4.69) is 27.9 Å². The van der Waals surface area contributed by atoms with Crippen molar-refractivity contribution in [1.29, 1.82) is 0 Å². The molecule has 0 radical (unpaired) electrons. The first-order valence-electron chi connectivity index (χ1n) is 8.38. The first-order valence-corrected chi connectivity index (χ1v) is 9.46. The Morgan fingerprint density at radius 3 is 2.24 bits per heavy atom. The van der Waals surface area contributed by atoms with Gasteiger partial charge >= 0.3 is 0 Å². The van der Waals surface area contributed by atoms with E-state index in [4.69, 9.17) is 9.47 Å². The third kappa shape index (κ3) is 4.77. The molecule has 6 nitrogen and oxygen atoms in total. The lowest BCUT2D eigenvalue weighted by molar-refractivity contribution is -0.126. The molecule has 2 rings (SSSR count). The smallest absolute Gasteiger partial charge is 0.255 e. The highest BCUT2D eigenvalue weighted by Crippen LogP contribution is 2.32. The predicted molar refractivity (Wildman–Crippen MR) is 104 cm³/mol. The molecule has 0 bridgehead atoms. The van der Waals surface area contributed by atoms with Gasteiger partial charge in [-0.15, -0.1) is 0 Å². The molecule has 1 aliphatic rings. The van der Waals surface area contributed by atoms with Gasteiger partial charge in [-0.2, -0.15) is 0 Å². The molecule has 0 unspecified atom stereocenters. The molecule has 0 aliphatic carbocycles. The first kappa shape index (κ1) is 19.8. The molecule has 1 fully saturated rings. The Kier molecular flexibility index (Phi) is 6.92. The minimum absolute atomic E-state index is 0.0177. The van der Waals surface area contributed by atoms with Gasteiger partial charge in [0.1, 0.15) is 0 Å². The van der Waals surface area contributed by atoms with Crippen LogP contribution in [0.25, 0.3) is 0 Å². The SMILES string of the molecule is COc1cc(I)c(C(=O)N2CCC(C(=O)NC(C)C)CC2)cc1OC. The molecule has 0 aromatic heterocycles. The van der Waals surface area contributed by atoms with Gasteiger partial charge in [-0.3, -0.25) is 9.59 Å². The average molecular weight is 460 g/mol. The van der Waals surface area contributed by atoms with Crippen LogP contribution in [0, 0.1) is 9.49 Å². The number of benzene rings is 1. The summed E-state index contributed by atoms with van der Waals surface area (Å²) in [4.78, 5) is 26.8. The van der Waals surface area contributed by atoms with Gasteiger partial charge in [0.25, 0.3) is 5.91 Å². The Morgan fingerprint density at radius 1 is 1.16 bits per heavy atom. The quantitative estimate of drug-likeness (QED) is 0.687. The van der Waals surface area contributed by atoms with Crippen LogP contribution >= 0.6 is 22.6 Å². The Labute approximate surface area is 162 Å². The third-order valence-corrected chi connectivity index (χ3v) is 5.18. The molecule has 1 N–H and O–H groups in total. The van der Waals surface area contributed by atoms with Gasteiger partial charge in [0.2, 0.25) is 5.91 Å². The average Bonchev–Trinajstić information content (AvgIpc) is 2.60. The van der Waals surface area contributed by atoms with E-state index in [0.717, 1.165) is 3.57 Å². The van der Waals surface area contributed by atoms with E-state index in [1.807, 2.05) is 18.7 Å². The Balaban J connectivity index is 2.07. The summed E-state index contributed by atoms with van der Waals surface area (Å²) >= 11 is 2.13. The van der Waals surface area contributed by atoms with Gasteiger partial charge in [0.05, 0.1) is 19.8 Å². The van der Waals surface area contributed by atoms with Crippen molar-refractivity contribution >= 4 is 34.4 Å². The van der Waals surface area contributed by atoms with Crippen molar-refractivity contribution in [3.8, 4) is 11.5 Å². The number of piperidine rings is 1. The summed E-state index contributed by atoms with van der Waals surface area (Å²) in [5.41, 5.74) is 0.600. The Hall–Kier alpha value is -1.51. The number of carbonyl (C=O) groups excluding carboxylic acids is 2. The molecule has 1 aromatic carbocycles. The second kappa shape index (κ2) is 8.73. The summed E-state index contributed by atoms with van der Waals surface area (Å²) in [5.74, 6) is 1.18. The number of methoxy groups -OCH3 is 2. The lowest BCUT2D eigenvalue weighted by atomic mass is 9.95. The van der Waals surface area contributed by atoms with Gasteiger partial charge in [0.15, 0.2) is 11.5 Å². The molecule has 0 saturated carbocycles. The van der Waals surface area contributed by atoms with Gasteiger partial charge in [-0.05, 0) is 61.4 Å². The molecule has 7 heteroatoms. The number of rotatable bonds is 5. The molecular formula is C18H25IN2O4. The van der Waals surface area contributed by atoms with Crippen LogP contribution in [-0.2, 0) is 4.79 Å². The van der Waals surface area contributed by atoms with Crippen LogP contribution in [0.5, 0.6) is 11.5 Å². The van der Waals surface area contributed by atoms with Crippen molar-refractivity contribution in [2.45, 2.75) is 32.7 Å². The summed E-state index contributed by atoms with van der Waals surface area (Å²) in [6.45, 7) is 5.07. The molecule has 1 aliphatic heterocycles. The van der Waals surface area contributed by atoms with Crippen LogP contribution in [0.3, 0.4) is 0 Å². The summed E-state index contributed by atoms with van der Waals surface area (Å²) in [5, 5.41) is 2.95. The number of halogens is 1. The monoisotopic (exact) mass is 460 g/mol. The number of amides is 2. The van der Waals surface area contributed by atoms with E-state index >= 15 is 0 Å². The zero-order valence-corrected chi connectivity index (χ0v) is 17.3. The van der Waals surface area contributed by atoms with Crippen LogP contribution in [-0.4, -0.2) is 50.1 Å². The van der Waals surface area contributed by atoms with Crippen LogP contribution in [0.4, 0.5) is 0 Å². The number of carbonyl (C=O) groups is 2. The first-order chi connectivity index (χ1) is 11.9. The van der Waals surface area contributed by atoms with Crippen LogP contribution < -0.4 is 14.8 Å². The van der Waals surface area contributed by atoms with Gasteiger partial charge in [-0.1, -0.05) is 0 Å². The topological polar surface area (TPSA) is 67.9 Å². The highest BCUT2D eigenvalue weighted by molar-refractivity contribution is 14.1. The highest BCUT2D eigenvalue weighted by Gasteiger charge is 2.29. The van der Waals surface area contributed by atoms with E-state index in [0.29, 0.717) is 43.0 Å². The summed E-state index contributed by atoms with van der Waals surface area (Å²) < 4.78 is 11.4. The molecule has 25 heavy (non-hydrogen) atoms.